The van der Waals surface area contributed by atoms with Gasteiger partial charge < -0.3 is 14.7 Å². The van der Waals surface area contributed by atoms with Crippen LogP contribution in [0.1, 0.15) is 32.6 Å². The Morgan fingerprint density at radius 2 is 2.26 bits per heavy atom. The summed E-state index contributed by atoms with van der Waals surface area (Å²) in [5.74, 6) is -0.460. The molecule has 0 amide bonds. The quantitative estimate of drug-likeness (QED) is 0.613. The van der Waals surface area contributed by atoms with E-state index in [1.54, 1.807) is 0 Å². The number of nitro benzene ring substituents is 1. The number of nitrogens with zero attached hydrogens (tertiary/aromatic N) is 2. The van der Waals surface area contributed by atoms with E-state index in [0.29, 0.717) is 12.2 Å². The van der Waals surface area contributed by atoms with Crippen molar-refractivity contribution in [3.63, 3.8) is 0 Å². The highest BCUT2D eigenvalue weighted by Crippen LogP contribution is 2.40. The number of anilines is 1. The third-order valence-corrected chi connectivity index (χ3v) is 4.27. The number of ether oxygens (including phenoxy) is 1. The van der Waals surface area contributed by atoms with Gasteiger partial charge in [0.25, 0.3) is 0 Å². The number of benzene rings is 1. The number of alkyl halides is 2. The van der Waals surface area contributed by atoms with Crippen LogP contribution in [0, 0.1) is 10.1 Å². The summed E-state index contributed by atoms with van der Waals surface area (Å²) in [6, 6.07) is 3.94. The first kappa shape index (κ1) is 17.4. The minimum atomic E-state index is -3.14. The van der Waals surface area contributed by atoms with E-state index in [4.69, 9.17) is 0 Å². The van der Waals surface area contributed by atoms with E-state index < -0.39 is 28.5 Å². The van der Waals surface area contributed by atoms with Gasteiger partial charge in [-0.15, -0.1) is 0 Å². The summed E-state index contributed by atoms with van der Waals surface area (Å²) in [6.45, 7) is -0.523. The average molecular weight is 330 g/mol. The highest BCUT2D eigenvalue weighted by atomic mass is 19.3. The van der Waals surface area contributed by atoms with Gasteiger partial charge >= 0.3 is 12.3 Å². The molecule has 1 aromatic carbocycles. The van der Waals surface area contributed by atoms with Crippen LogP contribution in [0.25, 0.3) is 0 Å². The van der Waals surface area contributed by atoms with Crippen LogP contribution in [0.2, 0.25) is 0 Å². The van der Waals surface area contributed by atoms with Crippen LogP contribution in [-0.2, 0) is 0 Å². The molecule has 0 spiro atoms. The van der Waals surface area contributed by atoms with E-state index >= 15 is 0 Å². The van der Waals surface area contributed by atoms with Crippen molar-refractivity contribution < 1.29 is 23.5 Å². The number of nitro groups is 1. The summed E-state index contributed by atoms with van der Waals surface area (Å²) in [4.78, 5) is 12.1. The lowest BCUT2D eigenvalue weighted by molar-refractivity contribution is -0.386. The summed E-state index contributed by atoms with van der Waals surface area (Å²) in [5.41, 5.74) is -0.405. The Hall–Kier alpha value is -1.96. The van der Waals surface area contributed by atoms with E-state index in [-0.39, 0.29) is 6.61 Å². The molecule has 1 aliphatic heterocycles. The second kappa shape index (κ2) is 7.08. The van der Waals surface area contributed by atoms with Gasteiger partial charge in [0.15, 0.2) is 0 Å². The zero-order valence-corrected chi connectivity index (χ0v) is 12.9. The standard InChI is InChI=1S/C15H20F2N2O4/c1-2-6-15(10-20)7-3-8-18(15)11-4-5-12(19(21)22)13(9-11)23-14(16)17/h4-5,9,14,20H,2-3,6-8,10H2,1H3/t15-/m1/s1. The summed E-state index contributed by atoms with van der Waals surface area (Å²) in [6.07, 6.45) is 3.28. The van der Waals surface area contributed by atoms with Crippen LogP contribution in [0.4, 0.5) is 20.2 Å². The Labute approximate surface area is 132 Å². The molecule has 1 aliphatic rings. The zero-order valence-electron chi connectivity index (χ0n) is 12.9. The smallest absolute Gasteiger partial charge is 0.387 e. The fourth-order valence-corrected chi connectivity index (χ4v) is 3.32. The summed E-state index contributed by atoms with van der Waals surface area (Å²) in [5, 5.41) is 20.8. The van der Waals surface area contributed by atoms with Crippen LogP contribution in [0.5, 0.6) is 5.75 Å². The van der Waals surface area contributed by atoms with Gasteiger partial charge in [0, 0.05) is 24.4 Å². The first-order chi connectivity index (χ1) is 10.9. The lowest BCUT2D eigenvalue weighted by atomic mass is 9.91. The molecule has 0 saturated carbocycles. The summed E-state index contributed by atoms with van der Waals surface area (Å²) >= 11 is 0. The minimum absolute atomic E-state index is 0.0527. The highest BCUT2D eigenvalue weighted by Gasteiger charge is 2.40. The summed E-state index contributed by atoms with van der Waals surface area (Å²) < 4.78 is 29.3. The predicted molar refractivity (Wildman–Crippen MR) is 81.0 cm³/mol. The molecular formula is C15H20F2N2O4. The van der Waals surface area contributed by atoms with Gasteiger partial charge in [-0.1, -0.05) is 13.3 Å². The van der Waals surface area contributed by atoms with E-state index in [1.807, 2.05) is 11.8 Å². The number of hydrogen-bond acceptors (Lipinski definition) is 5. The molecule has 1 N–H and O–H groups in total. The Kier molecular flexibility index (Phi) is 5.35. The topological polar surface area (TPSA) is 75.8 Å². The Morgan fingerprint density at radius 3 is 2.83 bits per heavy atom. The molecule has 0 radical (unpaired) electrons. The first-order valence-corrected chi connectivity index (χ1v) is 7.55. The first-order valence-electron chi connectivity index (χ1n) is 7.55. The molecule has 0 unspecified atom stereocenters. The lowest BCUT2D eigenvalue weighted by Gasteiger charge is -2.39. The second-order valence-corrected chi connectivity index (χ2v) is 5.68. The van der Waals surface area contributed by atoms with Gasteiger partial charge in [-0.3, -0.25) is 10.1 Å². The molecule has 0 aliphatic carbocycles. The fourth-order valence-electron chi connectivity index (χ4n) is 3.32. The van der Waals surface area contributed by atoms with Crippen LogP contribution in [0.3, 0.4) is 0 Å². The zero-order chi connectivity index (χ0) is 17.0. The van der Waals surface area contributed by atoms with Crippen molar-refractivity contribution in [3.8, 4) is 5.75 Å². The van der Waals surface area contributed by atoms with Gasteiger partial charge in [0.05, 0.1) is 17.1 Å². The minimum Gasteiger partial charge on any atom is -0.427 e. The third-order valence-electron chi connectivity index (χ3n) is 4.27. The molecule has 8 heteroatoms. The maximum atomic E-state index is 12.5. The van der Waals surface area contributed by atoms with Crippen LogP contribution in [0.15, 0.2) is 18.2 Å². The van der Waals surface area contributed by atoms with E-state index in [9.17, 15) is 24.0 Å². The molecule has 23 heavy (non-hydrogen) atoms. The number of aliphatic hydroxyl groups is 1. The molecule has 0 bridgehead atoms. The molecule has 1 aromatic rings. The SMILES string of the molecule is CCC[C@]1(CO)CCCN1c1ccc([N+](=O)[O-])c(OC(F)F)c1. The van der Waals surface area contributed by atoms with Gasteiger partial charge in [0.1, 0.15) is 0 Å². The van der Waals surface area contributed by atoms with Gasteiger partial charge in [0.2, 0.25) is 5.75 Å². The largest absolute Gasteiger partial charge is 0.427 e. The van der Waals surface area contributed by atoms with Crippen molar-refractivity contribution in [1.82, 2.24) is 0 Å². The predicted octanol–water partition coefficient (Wildman–Crippen LogP) is 3.33. The van der Waals surface area contributed by atoms with Crippen LogP contribution >= 0.6 is 0 Å². The average Bonchev–Trinajstić information content (AvgIpc) is 2.91. The molecule has 6 nitrogen and oxygen atoms in total. The molecule has 128 valence electrons. The number of hydrogen-bond donors (Lipinski definition) is 1. The van der Waals surface area contributed by atoms with Crippen molar-refractivity contribution in [1.29, 1.82) is 0 Å². The maximum absolute atomic E-state index is 12.5. The van der Waals surface area contributed by atoms with Crippen LogP contribution < -0.4 is 9.64 Å². The fraction of sp³-hybridized carbons (Fsp3) is 0.600. The van der Waals surface area contributed by atoms with Crippen molar-refractivity contribution in [3.05, 3.63) is 28.3 Å². The normalized spacial score (nSPS) is 21.0. The van der Waals surface area contributed by atoms with Crippen molar-refractivity contribution in [2.75, 3.05) is 18.1 Å². The van der Waals surface area contributed by atoms with E-state index in [1.165, 1.54) is 18.2 Å². The molecule has 0 aromatic heterocycles. The van der Waals surface area contributed by atoms with E-state index in [2.05, 4.69) is 4.74 Å². The van der Waals surface area contributed by atoms with Gasteiger partial charge in [-0.25, -0.2) is 0 Å². The van der Waals surface area contributed by atoms with Crippen molar-refractivity contribution in [2.45, 2.75) is 44.8 Å². The molecule has 1 fully saturated rings. The molecular weight excluding hydrogens is 310 g/mol. The maximum Gasteiger partial charge on any atom is 0.387 e. The Bertz CT molecular complexity index is 570. The molecule has 1 saturated heterocycles. The number of aliphatic hydroxyl groups excluding tert-OH is 1. The lowest BCUT2D eigenvalue weighted by Crippen LogP contribution is -2.47. The van der Waals surface area contributed by atoms with Gasteiger partial charge in [-0.05, 0) is 25.3 Å². The van der Waals surface area contributed by atoms with E-state index in [0.717, 1.165) is 25.7 Å². The third kappa shape index (κ3) is 3.52. The highest BCUT2D eigenvalue weighted by molar-refractivity contribution is 5.61. The molecule has 1 heterocycles. The second-order valence-electron chi connectivity index (χ2n) is 5.68. The molecule has 1 atom stereocenters. The van der Waals surface area contributed by atoms with Crippen molar-refractivity contribution >= 4 is 11.4 Å². The summed E-state index contributed by atoms with van der Waals surface area (Å²) in [7, 11) is 0. The van der Waals surface area contributed by atoms with Crippen molar-refractivity contribution in [2.24, 2.45) is 0 Å². The Morgan fingerprint density at radius 1 is 1.52 bits per heavy atom. The molecule has 2 rings (SSSR count). The number of halogens is 2. The monoisotopic (exact) mass is 330 g/mol. The van der Waals surface area contributed by atoms with Gasteiger partial charge in [-0.2, -0.15) is 8.78 Å². The Balaban J connectivity index is 2.40. The number of rotatable bonds is 7. The van der Waals surface area contributed by atoms with Crippen LogP contribution in [-0.4, -0.2) is 35.3 Å².